The second-order valence-corrected chi connectivity index (χ2v) is 4.94. The van der Waals surface area contributed by atoms with E-state index in [1.54, 1.807) is 6.92 Å². The van der Waals surface area contributed by atoms with E-state index in [1.165, 1.54) is 0 Å². The van der Waals surface area contributed by atoms with E-state index in [-0.39, 0.29) is 5.97 Å². The molecule has 2 aromatic rings. The summed E-state index contributed by atoms with van der Waals surface area (Å²) >= 11 is 0. The summed E-state index contributed by atoms with van der Waals surface area (Å²) in [6.45, 7) is 2.07. The molecule has 1 aliphatic rings. The van der Waals surface area contributed by atoms with E-state index in [0.717, 1.165) is 10.8 Å². The highest BCUT2D eigenvalue weighted by atomic mass is 16.6. The smallest absolute Gasteiger partial charge is 0.347 e. The first-order valence-electron chi connectivity index (χ1n) is 6.70. The molecule has 1 aliphatic heterocycles. The number of rotatable bonds is 3. The fraction of sp³-hybridized carbons (Fsp3) is 0.312. The first kappa shape index (κ1) is 12.9. The molecule has 4 heteroatoms. The van der Waals surface area contributed by atoms with Gasteiger partial charge < -0.3 is 14.6 Å². The highest BCUT2D eigenvalue weighted by Gasteiger charge is 2.30. The van der Waals surface area contributed by atoms with Crippen LogP contribution in [-0.2, 0) is 9.53 Å². The molecule has 0 radical (unpaired) electrons. The number of carbonyl (C=O) groups excluding carboxylic acids is 1. The minimum absolute atomic E-state index is 0.338. The third kappa shape index (κ3) is 2.23. The highest BCUT2D eigenvalue weighted by Crippen LogP contribution is 2.35. The zero-order valence-corrected chi connectivity index (χ0v) is 11.2. The van der Waals surface area contributed by atoms with Crippen molar-refractivity contribution in [1.29, 1.82) is 0 Å². The Hall–Kier alpha value is -2.07. The largest absolute Gasteiger partial charge is 0.478 e. The van der Waals surface area contributed by atoms with Crippen molar-refractivity contribution in [2.24, 2.45) is 0 Å². The number of benzene rings is 2. The van der Waals surface area contributed by atoms with Crippen molar-refractivity contribution in [2.45, 2.75) is 25.6 Å². The number of esters is 1. The molecule has 2 aromatic carbocycles. The van der Waals surface area contributed by atoms with E-state index in [0.29, 0.717) is 24.3 Å². The SMILES string of the molecule is CC(O)c1ccc2ccccc2c1OC1CCOC1=O. The van der Waals surface area contributed by atoms with E-state index in [1.807, 2.05) is 36.4 Å². The summed E-state index contributed by atoms with van der Waals surface area (Å²) in [6, 6.07) is 11.5. The molecule has 1 fully saturated rings. The van der Waals surface area contributed by atoms with Gasteiger partial charge in [-0.2, -0.15) is 0 Å². The molecule has 104 valence electrons. The second kappa shape index (κ2) is 5.13. The van der Waals surface area contributed by atoms with Gasteiger partial charge in [0, 0.05) is 17.4 Å². The van der Waals surface area contributed by atoms with Crippen molar-refractivity contribution in [3.63, 3.8) is 0 Å². The molecular weight excluding hydrogens is 256 g/mol. The van der Waals surface area contributed by atoms with Crippen molar-refractivity contribution >= 4 is 16.7 Å². The first-order chi connectivity index (χ1) is 9.66. The number of hydrogen-bond donors (Lipinski definition) is 1. The number of aliphatic hydroxyl groups is 1. The number of hydrogen-bond acceptors (Lipinski definition) is 4. The third-order valence-corrected chi connectivity index (χ3v) is 3.51. The van der Waals surface area contributed by atoms with Crippen LogP contribution in [0.5, 0.6) is 5.75 Å². The van der Waals surface area contributed by atoms with Gasteiger partial charge in [-0.1, -0.05) is 36.4 Å². The van der Waals surface area contributed by atoms with E-state index < -0.39 is 12.2 Å². The summed E-state index contributed by atoms with van der Waals surface area (Å²) in [6.07, 6.45) is -0.702. The van der Waals surface area contributed by atoms with Crippen molar-refractivity contribution in [1.82, 2.24) is 0 Å². The van der Waals surface area contributed by atoms with Crippen LogP contribution in [0, 0.1) is 0 Å². The topological polar surface area (TPSA) is 55.8 Å². The van der Waals surface area contributed by atoms with Gasteiger partial charge in [0.05, 0.1) is 12.7 Å². The van der Waals surface area contributed by atoms with Gasteiger partial charge in [-0.15, -0.1) is 0 Å². The summed E-state index contributed by atoms with van der Waals surface area (Å²) < 4.78 is 10.8. The molecule has 1 heterocycles. The van der Waals surface area contributed by atoms with Gasteiger partial charge in [0.25, 0.3) is 0 Å². The van der Waals surface area contributed by atoms with E-state index in [2.05, 4.69) is 0 Å². The molecule has 0 aliphatic carbocycles. The number of cyclic esters (lactones) is 1. The van der Waals surface area contributed by atoms with Gasteiger partial charge in [0.15, 0.2) is 6.10 Å². The number of carbonyl (C=O) groups is 1. The Morgan fingerprint density at radius 1 is 1.30 bits per heavy atom. The number of fused-ring (bicyclic) bond motifs is 1. The predicted octanol–water partition coefficient (Wildman–Crippen LogP) is 2.59. The average Bonchev–Trinajstić information content (AvgIpc) is 2.84. The van der Waals surface area contributed by atoms with Crippen molar-refractivity contribution in [2.75, 3.05) is 6.61 Å². The highest BCUT2D eigenvalue weighted by molar-refractivity contribution is 5.90. The lowest BCUT2D eigenvalue weighted by molar-refractivity contribution is -0.143. The van der Waals surface area contributed by atoms with Crippen LogP contribution in [0.3, 0.4) is 0 Å². The van der Waals surface area contributed by atoms with Crippen LogP contribution < -0.4 is 4.74 Å². The first-order valence-corrected chi connectivity index (χ1v) is 6.70. The number of ether oxygens (including phenoxy) is 2. The van der Waals surface area contributed by atoms with Gasteiger partial charge in [-0.25, -0.2) is 4.79 Å². The normalized spacial score (nSPS) is 19.9. The molecule has 3 rings (SSSR count). The lowest BCUT2D eigenvalue weighted by Gasteiger charge is -2.18. The molecule has 2 atom stereocenters. The summed E-state index contributed by atoms with van der Waals surface area (Å²) in [5, 5.41) is 11.8. The van der Waals surface area contributed by atoms with Crippen molar-refractivity contribution in [3.8, 4) is 5.75 Å². The maximum atomic E-state index is 11.6. The van der Waals surface area contributed by atoms with Gasteiger partial charge in [-0.3, -0.25) is 0 Å². The summed E-state index contributed by atoms with van der Waals surface area (Å²) in [5.74, 6) is 0.233. The van der Waals surface area contributed by atoms with Gasteiger partial charge in [0.2, 0.25) is 0 Å². The average molecular weight is 272 g/mol. The molecule has 0 saturated carbocycles. The maximum Gasteiger partial charge on any atom is 0.347 e. The van der Waals surface area contributed by atoms with Gasteiger partial charge in [-0.05, 0) is 12.3 Å². The Balaban J connectivity index is 2.09. The minimum Gasteiger partial charge on any atom is -0.478 e. The second-order valence-electron chi connectivity index (χ2n) is 4.94. The van der Waals surface area contributed by atoms with Crippen molar-refractivity contribution in [3.05, 3.63) is 42.0 Å². The molecule has 0 aromatic heterocycles. The standard InChI is InChI=1S/C16H16O4/c1-10(17)12-7-6-11-4-2-3-5-13(11)15(12)20-14-8-9-19-16(14)18/h2-7,10,14,17H,8-9H2,1H3. The fourth-order valence-corrected chi connectivity index (χ4v) is 2.45. The van der Waals surface area contributed by atoms with Crippen LogP contribution >= 0.6 is 0 Å². The van der Waals surface area contributed by atoms with E-state index >= 15 is 0 Å². The zero-order chi connectivity index (χ0) is 14.1. The Labute approximate surface area is 116 Å². The molecular formula is C16H16O4. The Bertz CT molecular complexity index is 648. The van der Waals surface area contributed by atoms with Gasteiger partial charge in [0.1, 0.15) is 5.75 Å². The van der Waals surface area contributed by atoms with E-state index in [4.69, 9.17) is 9.47 Å². The third-order valence-electron chi connectivity index (χ3n) is 3.51. The van der Waals surface area contributed by atoms with E-state index in [9.17, 15) is 9.90 Å². The summed E-state index contributed by atoms with van der Waals surface area (Å²) in [4.78, 5) is 11.6. The van der Waals surface area contributed by atoms with Crippen molar-refractivity contribution < 1.29 is 19.4 Å². The quantitative estimate of drug-likeness (QED) is 0.873. The monoisotopic (exact) mass is 272 g/mol. The molecule has 1 saturated heterocycles. The lowest BCUT2D eigenvalue weighted by atomic mass is 10.0. The van der Waals surface area contributed by atoms with Crippen LogP contribution in [0.2, 0.25) is 0 Å². The molecule has 0 spiro atoms. The Kier molecular flexibility index (Phi) is 3.32. The zero-order valence-electron chi connectivity index (χ0n) is 11.2. The summed E-state index contributed by atoms with van der Waals surface area (Å²) in [7, 11) is 0. The molecule has 2 unspecified atom stereocenters. The van der Waals surface area contributed by atoms with Crippen LogP contribution in [0.25, 0.3) is 10.8 Å². The lowest BCUT2D eigenvalue weighted by Crippen LogP contribution is -2.22. The fourth-order valence-electron chi connectivity index (χ4n) is 2.45. The molecule has 20 heavy (non-hydrogen) atoms. The minimum atomic E-state index is -0.660. The molecule has 4 nitrogen and oxygen atoms in total. The molecule has 0 amide bonds. The van der Waals surface area contributed by atoms with Crippen LogP contribution in [-0.4, -0.2) is 23.8 Å². The van der Waals surface area contributed by atoms with Crippen LogP contribution in [0.15, 0.2) is 36.4 Å². The maximum absolute atomic E-state index is 11.6. The van der Waals surface area contributed by atoms with Crippen LogP contribution in [0.4, 0.5) is 0 Å². The van der Waals surface area contributed by atoms with Gasteiger partial charge >= 0.3 is 5.97 Å². The molecule has 1 N–H and O–H groups in total. The molecule has 0 bridgehead atoms. The Morgan fingerprint density at radius 2 is 2.10 bits per heavy atom. The Morgan fingerprint density at radius 3 is 2.80 bits per heavy atom. The van der Waals surface area contributed by atoms with Crippen LogP contribution in [0.1, 0.15) is 25.0 Å². The summed E-state index contributed by atoms with van der Waals surface area (Å²) in [5.41, 5.74) is 0.684. The predicted molar refractivity (Wildman–Crippen MR) is 74.6 cm³/mol. The number of aliphatic hydroxyl groups excluding tert-OH is 1.